The summed E-state index contributed by atoms with van der Waals surface area (Å²) < 4.78 is 2.01. The van der Waals surface area contributed by atoms with E-state index in [1.165, 1.54) is 11.8 Å². The molecule has 0 saturated carbocycles. The normalized spacial score (nSPS) is 10.8. The third-order valence-electron chi connectivity index (χ3n) is 3.54. The molecule has 0 spiro atoms. The minimum atomic E-state index is 0.601. The van der Waals surface area contributed by atoms with E-state index in [-0.39, 0.29) is 0 Å². The van der Waals surface area contributed by atoms with E-state index in [4.69, 9.17) is 34.8 Å². The maximum atomic E-state index is 6.24. The predicted molar refractivity (Wildman–Crippen MR) is 107 cm³/mol. The largest absolute Gasteiger partial charge is 0.298 e. The lowest BCUT2D eigenvalue weighted by Crippen LogP contribution is -2.00. The highest BCUT2D eigenvalue weighted by Gasteiger charge is 2.15. The summed E-state index contributed by atoms with van der Waals surface area (Å²) in [5.74, 6) is 1.37. The van der Waals surface area contributed by atoms with Gasteiger partial charge in [-0.1, -0.05) is 58.7 Å². The van der Waals surface area contributed by atoms with Crippen LogP contribution in [0.5, 0.6) is 0 Å². The molecule has 0 bridgehead atoms. The van der Waals surface area contributed by atoms with Crippen LogP contribution < -0.4 is 0 Å². The Labute approximate surface area is 165 Å². The summed E-state index contributed by atoms with van der Waals surface area (Å²) in [5, 5.41) is 11.4. The van der Waals surface area contributed by atoms with Crippen molar-refractivity contribution in [2.75, 3.05) is 0 Å². The van der Waals surface area contributed by atoms with Gasteiger partial charge in [0, 0.05) is 32.9 Å². The van der Waals surface area contributed by atoms with Crippen LogP contribution in [0.1, 0.15) is 5.56 Å². The van der Waals surface area contributed by atoms with Gasteiger partial charge in [-0.05, 0) is 42.0 Å². The van der Waals surface area contributed by atoms with Gasteiger partial charge in [-0.2, -0.15) is 0 Å². The monoisotopic (exact) mass is 409 g/mol. The zero-order chi connectivity index (χ0) is 17.8. The molecule has 0 aliphatic rings. The number of thioether (sulfide) groups is 1. The lowest BCUT2D eigenvalue weighted by atomic mass is 10.2. The second kappa shape index (κ2) is 8.28. The van der Waals surface area contributed by atoms with Crippen molar-refractivity contribution in [3.05, 3.63) is 75.8 Å². The fourth-order valence-electron chi connectivity index (χ4n) is 2.31. The Hall–Kier alpha value is -1.46. The van der Waals surface area contributed by atoms with Gasteiger partial charge < -0.3 is 0 Å². The predicted octanol–water partition coefficient (Wildman–Crippen LogP) is 6.38. The van der Waals surface area contributed by atoms with E-state index in [1.54, 1.807) is 0 Å². The van der Waals surface area contributed by atoms with Gasteiger partial charge in [0.1, 0.15) is 0 Å². The van der Waals surface area contributed by atoms with Crippen LogP contribution in [0.3, 0.4) is 0 Å². The van der Waals surface area contributed by atoms with E-state index >= 15 is 0 Å². The Bertz CT molecular complexity index is 871. The average molecular weight is 411 g/mol. The van der Waals surface area contributed by atoms with E-state index in [1.807, 2.05) is 53.1 Å². The number of halogens is 3. The Morgan fingerprint density at radius 1 is 1.00 bits per heavy atom. The van der Waals surface area contributed by atoms with Crippen molar-refractivity contribution in [3.8, 4) is 11.4 Å². The van der Waals surface area contributed by atoms with Gasteiger partial charge >= 0.3 is 0 Å². The van der Waals surface area contributed by atoms with Crippen LogP contribution in [0.25, 0.3) is 11.4 Å². The molecule has 0 aliphatic heterocycles. The van der Waals surface area contributed by atoms with E-state index < -0.39 is 0 Å². The quantitative estimate of drug-likeness (QED) is 0.349. The first-order valence-corrected chi connectivity index (χ1v) is 9.58. The summed E-state index contributed by atoms with van der Waals surface area (Å²) in [7, 11) is 0. The highest BCUT2D eigenvalue weighted by Crippen LogP contribution is 2.32. The van der Waals surface area contributed by atoms with Crippen molar-refractivity contribution in [2.45, 2.75) is 17.5 Å². The first-order valence-electron chi connectivity index (χ1n) is 7.46. The number of nitrogens with zero attached hydrogens (tertiary/aromatic N) is 3. The van der Waals surface area contributed by atoms with E-state index in [0.29, 0.717) is 27.4 Å². The number of hydrogen-bond donors (Lipinski definition) is 0. The van der Waals surface area contributed by atoms with Gasteiger partial charge in [0.05, 0.1) is 0 Å². The fourth-order valence-corrected chi connectivity index (χ4v) is 4.12. The standard InChI is InChI=1S/C18H14Cl3N3S/c1-2-10-24-17(12-6-8-13(19)9-7-12)22-23-18(24)25-11-14-15(20)4-3-5-16(14)21/h2-9H,1,10-11H2. The minimum Gasteiger partial charge on any atom is -0.298 e. The summed E-state index contributed by atoms with van der Waals surface area (Å²) in [4.78, 5) is 0. The molecule has 0 fully saturated rings. The molecular weight excluding hydrogens is 397 g/mol. The van der Waals surface area contributed by atoms with Crippen LogP contribution in [-0.2, 0) is 12.3 Å². The third-order valence-corrected chi connectivity index (χ3v) is 5.49. The fraction of sp³-hybridized carbons (Fsp3) is 0.111. The van der Waals surface area contributed by atoms with Crippen molar-refractivity contribution < 1.29 is 0 Å². The van der Waals surface area contributed by atoms with Gasteiger partial charge in [-0.15, -0.1) is 16.8 Å². The molecule has 3 nitrogen and oxygen atoms in total. The Morgan fingerprint density at radius 2 is 1.68 bits per heavy atom. The lowest BCUT2D eigenvalue weighted by Gasteiger charge is -2.09. The minimum absolute atomic E-state index is 0.601. The highest BCUT2D eigenvalue weighted by molar-refractivity contribution is 7.98. The Morgan fingerprint density at radius 3 is 2.32 bits per heavy atom. The highest BCUT2D eigenvalue weighted by atomic mass is 35.5. The summed E-state index contributed by atoms with van der Waals surface area (Å²) in [6, 6.07) is 13.0. The molecule has 2 aromatic carbocycles. The van der Waals surface area contributed by atoms with Crippen molar-refractivity contribution >= 4 is 46.6 Å². The molecule has 1 heterocycles. The molecule has 1 aromatic heterocycles. The van der Waals surface area contributed by atoms with Gasteiger partial charge in [0.25, 0.3) is 0 Å². The van der Waals surface area contributed by atoms with E-state index in [0.717, 1.165) is 22.1 Å². The molecule has 0 saturated heterocycles. The molecule has 0 radical (unpaired) electrons. The molecule has 0 N–H and O–H groups in total. The smallest absolute Gasteiger partial charge is 0.192 e. The van der Waals surface area contributed by atoms with Crippen molar-refractivity contribution in [3.63, 3.8) is 0 Å². The maximum absolute atomic E-state index is 6.24. The Balaban J connectivity index is 1.89. The van der Waals surface area contributed by atoms with Gasteiger partial charge in [0.2, 0.25) is 0 Å². The number of hydrogen-bond acceptors (Lipinski definition) is 3. The molecule has 0 aliphatic carbocycles. The summed E-state index contributed by atoms with van der Waals surface area (Å²) >= 11 is 20.0. The van der Waals surface area contributed by atoms with Crippen LogP contribution in [0.4, 0.5) is 0 Å². The summed E-state index contributed by atoms with van der Waals surface area (Å²) in [5.41, 5.74) is 1.83. The van der Waals surface area contributed by atoms with Crippen molar-refractivity contribution in [1.29, 1.82) is 0 Å². The first kappa shape index (κ1) is 18.3. The average Bonchev–Trinajstić information content (AvgIpc) is 2.98. The van der Waals surface area contributed by atoms with Crippen LogP contribution in [0.2, 0.25) is 15.1 Å². The summed E-state index contributed by atoms with van der Waals surface area (Å²) in [6.07, 6.45) is 1.81. The van der Waals surface area contributed by atoms with E-state index in [9.17, 15) is 0 Å². The van der Waals surface area contributed by atoms with Crippen LogP contribution in [0, 0.1) is 0 Å². The number of allylic oxidation sites excluding steroid dienone is 1. The molecule has 0 amide bonds. The Kier molecular flexibility index (Phi) is 6.07. The SMILES string of the molecule is C=CCn1c(SCc2c(Cl)cccc2Cl)nnc1-c1ccc(Cl)cc1. The first-order chi connectivity index (χ1) is 12.1. The molecule has 7 heteroatoms. The van der Waals surface area contributed by atoms with Crippen molar-refractivity contribution in [2.24, 2.45) is 0 Å². The zero-order valence-corrected chi connectivity index (χ0v) is 16.2. The van der Waals surface area contributed by atoms with Gasteiger partial charge in [-0.3, -0.25) is 4.57 Å². The molecule has 0 unspecified atom stereocenters. The molecule has 0 atom stereocenters. The molecule has 128 valence electrons. The maximum Gasteiger partial charge on any atom is 0.192 e. The number of benzene rings is 2. The molecular formula is C18H14Cl3N3S. The second-order valence-electron chi connectivity index (χ2n) is 5.20. The van der Waals surface area contributed by atoms with Gasteiger partial charge in [0.15, 0.2) is 11.0 Å². The molecule has 3 rings (SSSR count). The number of rotatable bonds is 6. The molecule has 25 heavy (non-hydrogen) atoms. The van der Waals surface area contributed by atoms with E-state index in [2.05, 4.69) is 16.8 Å². The van der Waals surface area contributed by atoms with Crippen molar-refractivity contribution in [1.82, 2.24) is 14.8 Å². The third kappa shape index (κ3) is 4.21. The zero-order valence-electron chi connectivity index (χ0n) is 13.1. The second-order valence-corrected chi connectivity index (χ2v) is 7.39. The molecule has 3 aromatic rings. The lowest BCUT2D eigenvalue weighted by molar-refractivity contribution is 0.731. The number of aromatic nitrogens is 3. The van der Waals surface area contributed by atoms with Crippen LogP contribution >= 0.6 is 46.6 Å². The van der Waals surface area contributed by atoms with Crippen LogP contribution in [0.15, 0.2) is 60.3 Å². The van der Waals surface area contributed by atoms with Crippen LogP contribution in [-0.4, -0.2) is 14.8 Å². The van der Waals surface area contributed by atoms with Gasteiger partial charge in [-0.25, -0.2) is 0 Å². The summed E-state index contributed by atoms with van der Waals surface area (Å²) in [6.45, 7) is 4.42. The topological polar surface area (TPSA) is 30.7 Å².